The van der Waals surface area contributed by atoms with E-state index in [0.29, 0.717) is 0 Å². The molecule has 0 radical (unpaired) electrons. The van der Waals surface area contributed by atoms with Crippen LogP contribution < -0.4 is 4.72 Å². The van der Waals surface area contributed by atoms with E-state index in [1.165, 1.54) is 12.3 Å². The van der Waals surface area contributed by atoms with Crippen molar-refractivity contribution in [2.45, 2.75) is 11.9 Å². The van der Waals surface area contributed by atoms with E-state index in [2.05, 4.69) is 19.9 Å². The minimum Gasteiger partial charge on any atom is -0.266 e. The molecule has 2 aromatic rings. The Hall–Kier alpha value is -1.89. The molecule has 84 valence electrons. The minimum atomic E-state index is -3.62. The Balaban J connectivity index is 2.29. The van der Waals surface area contributed by atoms with Crippen LogP contribution in [0.2, 0.25) is 0 Å². The van der Waals surface area contributed by atoms with Gasteiger partial charge < -0.3 is 0 Å². The van der Waals surface area contributed by atoms with Crippen molar-refractivity contribution in [3.05, 3.63) is 36.2 Å². The summed E-state index contributed by atoms with van der Waals surface area (Å²) in [6, 6.07) is 4.81. The number of anilines is 1. The molecule has 2 rings (SSSR count). The average Bonchev–Trinajstić information content (AvgIpc) is 2.69. The normalized spacial score (nSPS) is 11.3. The molecule has 7 heteroatoms. The summed E-state index contributed by atoms with van der Waals surface area (Å²) in [5.41, 5.74) is 0.928. The largest absolute Gasteiger partial charge is 0.279 e. The van der Waals surface area contributed by atoms with Crippen molar-refractivity contribution in [2.75, 3.05) is 4.72 Å². The summed E-state index contributed by atoms with van der Waals surface area (Å²) >= 11 is 0. The fraction of sp³-hybridized carbons (Fsp3) is 0.111. The van der Waals surface area contributed by atoms with E-state index in [1.54, 1.807) is 18.3 Å². The number of sulfonamides is 1. The van der Waals surface area contributed by atoms with Gasteiger partial charge in [-0.2, -0.15) is 13.5 Å². The van der Waals surface area contributed by atoms with Gasteiger partial charge in [-0.25, -0.2) is 4.98 Å². The third kappa shape index (κ3) is 2.19. The lowest BCUT2D eigenvalue weighted by molar-refractivity contribution is 0.597. The first-order chi connectivity index (χ1) is 7.58. The lowest BCUT2D eigenvalue weighted by atomic mass is 10.3. The number of aromatic amines is 1. The van der Waals surface area contributed by atoms with Gasteiger partial charge in [0.25, 0.3) is 10.0 Å². The molecule has 0 saturated heterocycles. The second-order valence-electron chi connectivity index (χ2n) is 3.24. The van der Waals surface area contributed by atoms with Gasteiger partial charge in [0.2, 0.25) is 0 Å². The highest BCUT2D eigenvalue weighted by molar-refractivity contribution is 7.92. The monoisotopic (exact) mass is 238 g/mol. The molecule has 0 amide bonds. The molecule has 0 saturated carbocycles. The smallest absolute Gasteiger partial charge is 0.266 e. The zero-order valence-corrected chi connectivity index (χ0v) is 9.32. The predicted octanol–water partition coefficient (Wildman–Crippen LogP) is 0.914. The SMILES string of the molecule is Cc1ccnc(NS(=O)(=O)c2ccn[nH]2)c1. The highest BCUT2D eigenvalue weighted by atomic mass is 32.2. The van der Waals surface area contributed by atoms with Crippen molar-refractivity contribution in [3.8, 4) is 0 Å². The summed E-state index contributed by atoms with van der Waals surface area (Å²) in [4.78, 5) is 3.91. The first-order valence-corrected chi connectivity index (χ1v) is 6.01. The molecule has 0 fully saturated rings. The number of nitrogens with one attached hydrogen (secondary N) is 2. The van der Waals surface area contributed by atoms with Crippen LogP contribution in [0.3, 0.4) is 0 Å². The van der Waals surface area contributed by atoms with Gasteiger partial charge in [0.05, 0.1) is 6.20 Å². The van der Waals surface area contributed by atoms with E-state index in [-0.39, 0.29) is 10.8 Å². The van der Waals surface area contributed by atoms with Crippen molar-refractivity contribution in [2.24, 2.45) is 0 Å². The maximum absolute atomic E-state index is 11.8. The fourth-order valence-electron chi connectivity index (χ4n) is 1.18. The lowest BCUT2D eigenvalue weighted by Gasteiger charge is -2.05. The first-order valence-electron chi connectivity index (χ1n) is 4.53. The number of aryl methyl sites for hydroxylation is 1. The number of H-pyrrole nitrogens is 1. The van der Waals surface area contributed by atoms with Crippen LogP contribution in [0.1, 0.15) is 5.56 Å². The number of aromatic nitrogens is 3. The molecule has 2 heterocycles. The van der Waals surface area contributed by atoms with Gasteiger partial charge in [-0.15, -0.1) is 0 Å². The number of pyridine rings is 1. The first kappa shape index (κ1) is 10.6. The number of rotatable bonds is 3. The number of nitrogens with zero attached hydrogens (tertiary/aromatic N) is 2. The Bertz CT molecular complexity index is 577. The van der Waals surface area contributed by atoms with E-state index >= 15 is 0 Å². The third-order valence-corrected chi connectivity index (χ3v) is 3.20. The van der Waals surface area contributed by atoms with Gasteiger partial charge in [0.1, 0.15) is 5.82 Å². The van der Waals surface area contributed by atoms with Crippen LogP contribution in [0.15, 0.2) is 35.6 Å². The molecule has 0 atom stereocenters. The van der Waals surface area contributed by atoms with Gasteiger partial charge in [-0.05, 0) is 30.7 Å². The number of hydrogen-bond acceptors (Lipinski definition) is 4. The maximum atomic E-state index is 11.8. The van der Waals surface area contributed by atoms with Gasteiger partial charge in [-0.1, -0.05) is 0 Å². The summed E-state index contributed by atoms with van der Waals surface area (Å²) in [5, 5.41) is 5.98. The molecule has 0 unspecified atom stereocenters. The highest BCUT2D eigenvalue weighted by Gasteiger charge is 2.15. The Morgan fingerprint density at radius 3 is 2.75 bits per heavy atom. The summed E-state index contributed by atoms with van der Waals surface area (Å²) in [5.74, 6) is 0.287. The molecular weight excluding hydrogens is 228 g/mol. The zero-order valence-electron chi connectivity index (χ0n) is 8.51. The standard InChI is InChI=1S/C9H10N4O2S/c1-7-2-4-10-8(6-7)13-16(14,15)9-3-5-11-12-9/h2-6H,1H3,(H,10,13)(H,11,12). The van der Waals surface area contributed by atoms with Crippen LogP contribution in [0.25, 0.3) is 0 Å². The zero-order chi connectivity index (χ0) is 11.6. The molecule has 0 aliphatic rings. The van der Waals surface area contributed by atoms with Crippen LogP contribution in [-0.4, -0.2) is 23.6 Å². The van der Waals surface area contributed by atoms with Crippen LogP contribution in [0.4, 0.5) is 5.82 Å². The van der Waals surface area contributed by atoms with E-state index in [4.69, 9.17) is 0 Å². The van der Waals surface area contributed by atoms with Crippen molar-refractivity contribution in [3.63, 3.8) is 0 Å². The molecule has 0 spiro atoms. The van der Waals surface area contributed by atoms with Gasteiger partial charge in [-0.3, -0.25) is 9.82 Å². The van der Waals surface area contributed by atoms with E-state index in [0.717, 1.165) is 5.56 Å². The Morgan fingerprint density at radius 1 is 1.31 bits per heavy atom. The van der Waals surface area contributed by atoms with Crippen molar-refractivity contribution >= 4 is 15.8 Å². The van der Waals surface area contributed by atoms with Crippen molar-refractivity contribution in [1.29, 1.82) is 0 Å². The van der Waals surface area contributed by atoms with E-state index in [9.17, 15) is 8.42 Å². The van der Waals surface area contributed by atoms with Gasteiger partial charge in [0, 0.05) is 6.20 Å². The fourth-order valence-corrected chi connectivity index (χ4v) is 2.09. The second kappa shape index (κ2) is 3.93. The van der Waals surface area contributed by atoms with Crippen LogP contribution in [0.5, 0.6) is 0 Å². The van der Waals surface area contributed by atoms with E-state index in [1.807, 2.05) is 6.92 Å². The summed E-state index contributed by atoms with van der Waals surface area (Å²) in [6.45, 7) is 1.86. The van der Waals surface area contributed by atoms with Crippen molar-refractivity contribution in [1.82, 2.24) is 15.2 Å². The molecular formula is C9H10N4O2S. The summed E-state index contributed by atoms with van der Waals surface area (Å²) < 4.78 is 25.9. The molecule has 2 aromatic heterocycles. The molecule has 0 bridgehead atoms. The summed E-state index contributed by atoms with van der Waals surface area (Å²) in [7, 11) is -3.62. The molecule has 0 aliphatic heterocycles. The molecule has 2 N–H and O–H groups in total. The van der Waals surface area contributed by atoms with E-state index < -0.39 is 10.0 Å². The summed E-state index contributed by atoms with van der Waals surface area (Å²) in [6.07, 6.45) is 2.92. The van der Waals surface area contributed by atoms with Crippen LogP contribution in [0, 0.1) is 6.92 Å². The number of hydrogen-bond donors (Lipinski definition) is 2. The molecule has 16 heavy (non-hydrogen) atoms. The minimum absolute atomic E-state index is 0.0100. The Morgan fingerprint density at radius 2 is 2.12 bits per heavy atom. The molecule has 6 nitrogen and oxygen atoms in total. The maximum Gasteiger partial charge on any atom is 0.279 e. The third-order valence-electron chi connectivity index (χ3n) is 1.92. The lowest BCUT2D eigenvalue weighted by Crippen LogP contribution is -2.14. The highest BCUT2D eigenvalue weighted by Crippen LogP contribution is 2.12. The topological polar surface area (TPSA) is 87.7 Å². The van der Waals surface area contributed by atoms with Gasteiger partial charge >= 0.3 is 0 Å². The van der Waals surface area contributed by atoms with Crippen LogP contribution in [-0.2, 0) is 10.0 Å². The quantitative estimate of drug-likeness (QED) is 0.832. The second-order valence-corrected chi connectivity index (χ2v) is 4.90. The predicted molar refractivity (Wildman–Crippen MR) is 58.4 cm³/mol. The Labute approximate surface area is 92.8 Å². The Kier molecular flexibility index (Phi) is 2.61. The average molecular weight is 238 g/mol. The van der Waals surface area contributed by atoms with Crippen molar-refractivity contribution < 1.29 is 8.42 Å². The molecule has 0 aromatic carbocycles. The molecule has 0 aliphatic carbocycles. The van der Waals surface area contributed by atoms with Crippen LogP contribution >= 0.6 is 0 Å². The van der Waals surface area contributed by atoms with Gasteiger partial charge in [0.15, 0.2) is 5.03 Å².